The molecule has 0 saturated heterocycles. The standard InChI is InChI=1S/C28H31N3O/c1-3-22(4-2)20-26(32)27-29-21-31(30-27)28(23-14-8-5-9-15-23,24-16-10-6-11-17-24)25-18-12-7-13-19-25/h5-19,21-22,26,32H,3-4,20H2,1-2H3. The molecule has 0 bridgehead atoms. The lowest BCUT2D eigenvalue weighted by Gasteiger charge is -2.35. The fourth-order valence-electron chi connectivity index (χ4n) is 4.57. The van der Waals surface area contributed by atoms with Crippen LogP contribution in [0.1, 0.15) is 61.7 Å². The summed E-state index contributed by atoms with van der Waals surface area (Å²) in [5.74, 6) is 0.933. The van der Waals surface area contributed by atoms with Crippen molar-refractivity contribution in [2.24, 2.45) is 5.92 Å². The Balaban J connectivity index is 1.91. The minimum Gasteiger partial charge on any atom is -0.385 e. The molecule has 0 radical (unpaired) electrons. The molecule has 1 atom stereocenters. The van der Waals surface area contributed by atoms with Crippen LogP contribution >= 0.6 is 0 Å². The van der Waals surface area contributed by atoms with Crippen molar-refractivity contribution in [1.82, 2.24) is 14.8 Å². The van der Waals surface area contributed by atoms with Gasteiger partial charge in [0.15, 0.2) is 5.82 Å². The van der Waals surface area contributed by atoms with Gasteiger partial charge in [-0.3, -0.25) is 0 Å². The summed E-state index contributed by atoms with van der Waals surface area (Å²) in [6, 6.07) is 31.1. The van der Waals surface area contributed by atoms with Crippen LogP contribution in [0.15, 0.2) is 97.3 Å². The van der Waals surface area contributed by atoms with Crippen molar-refractivity contribution in [3.63, 3.8) is 0 Å². The zero-order chi connectivity index (χ0) is 22.4. The summed E-state index contributed by atoms with van der Waals surface area (Å²) in [5.41, 5.74) is 2.55. The Hall–Kier alpha value is -3.24. The number of benzene rings is 3. The van der Waals surface area contributed by atoms with Gasteiger partial charge in [0.25, 0.3) is 0 Å². The lowest BCUT2D eigenvalue weighted by molar-refractivity contribution is 0.131. The monoisotopic (exact) mass is 425 g/mol. The molecule has 4 rings (SSSR count). The van der Waals surface area contributed by atoms with Crippen LogP contribution in [0.3, 0.4) is 0 Å². The average molecular weight is 426 g/mol. The van der Waals surface area contributed by atoms with Gasteiger partial charge in [-0.05, 0) is 29.0 Å². The van der Waals surface area contributed by atoms with E-state index in [9.17, 15) is 5.11 Å². The number of aliphatic hydroxyl groups excluding tert-OH is 1. The van der Waals surface area contributed by atoms with Crippen LogP contribution in [0, 0.1) is 5.92 Å². The molecule has 0 aliphatic carbocycles. The minimum atomic E-state index is -0.705. The van der Waals surface area contributed by atoms with Crippen molar-refractivity contribution in [1.29, 1.82) is 0 Å². The van der Waals surface area contributed by atoms with E-state index in [-0.39, 0.29) is 0 Å². The van der Waals surface area contributed by atoms with Gasteiger partial charge >= 0.3 is 0 Å². The summed E-state index contributed by atoms with van der Waals surface area (Å²) in [6.07, 6.45) is 3.83. The first kappa shape index (κ1) is 22.0. The van der Waals surface area contributed by atoms with Crippen molar-refractivity contribution in [3.05, 3.63) is 120 Å². The molecule has 1 N–H and O–H groups in total. The molecule has 4 aromatic rings. The molecule has 0 aliphatic heterocycles. The first-order chi connectivity index (χ1) is 15.7. The number of hydrogen-bond donors (Lipinski definition) is 1. The van der Waals surface area contributed by atoms with E-state index in [1.165, 1.54) is 0 Å². The third kappa shape index (κ3) is 4.11. The molecule has 3 aromatic carbocycles. The van der Waals surface area contributed by atoms with Crippen LogP contribution in [-0.4, -0.2) is 19.9 Å². The van der Waals surface area contributed by atoms with Gasteiger partial charge in [-0.2, -0.15) is 5.10 Å². The largest absolute Gasteiger partial charge is 0.385 e. The van der Waals surface area contributed by atoms with Gasteiger partial charge < -0.3 is 5.11 Å². The van der Waals surface area contributed by atoms with E-state index in [1.54, 1.807) is 6.33 Å². The molecular weight excluding hydrogens is 394 g/mol. The topological polar surface area (TPSA) is 50.9 Å². The number of hydrogen-bond acceptors (Lipinski definition) is 3. The lowest BCUT2D eigenvalue weighted by atomic mass is 9.77. The van der Waals surface area contributed by atoms with E-state index in [1.807, 2.05) is 22.9 Å². The molecule has 1 aromatic heterocycles. The molecule has 4 heteroatoms. The van der Waals surface area contributed by atoms with Gasteiger partial charge in [-0.15, -0.1) is 0 Å². The Bertz CT molecular complexity index is 993. The maximum Gasteiger partial charge on any atom is 0.179 e. The van der Waals surface area contributed by atoms with Crippen molar-refractivity contribution in [2.45, 2.75) is 44.8 Å². The maximum absolute atomic E-state index is 10.9. The highest BCUT2D eigenvalue weighted by atomic mass is 16.3. The summed E-state index contributed by atoms with van der Waals surface area (Å²) in [5, 5.41) is 15.8. The second kappa shape index (κ2) is 9.92. The first-order valence-electron chi connectivity index (χ1n) is 11.5. The zero-order valence-corrected chi connectivity index (χ0v) is 18.8. The molecule has 0 spiro atoms. The van der Waals surface area contributed by atoms with Crippen LogP contribution < -0.4 is 0 Å². The van der Waals surface area contributed by atoms with E-state index in [0.717, 1.165) is 29.5 Å². The Morgan fingerprint density at radius 1 is 0.750 bits per heavy atom. The molecule has 0 saturated carbocycles. The zero-order valence-electron chi connectivity index (χ0n) is 18.8. The summed E-state index contributed by atoms with van der Waals surface area (Å²) in [6.45, 7) is 4.33. The van der Waals surface area contributed by atoms with E-state index >= 15 is 0 Å². The molecule has 4 nitrogen and oxygen atoms in total. The maximum atomic E-state index is 10.9. The fraction of sp³-hybridized carbons (Fsp3) is 0.286. The fourth-order valence-corrected chi connectivity index (χ4v) is 4.57. The van der Waals surface area contributed by atoms with E-state index < -0.39 is 11.6 Å². The van der Waals surface area contributed by atoms with E-state index in [2.05, 4.69) is 91.6 Å². The van der Waals surface area contributed by atoms with E-state index in [0.29, 0.717) is 18.2 Å². The molecule has 1 unspecified atom stereocenters. The predicted molar refractivity (Wildman–Crippen MR) is 128 cm³/mol. The second-order valence-corrected chi connectivity index (χ2v) is 8.29. The second-order valence-electron chi connectivity index (χ2n) is 8.29. The highest BCUT2D eigenvalue weighted by molar-refractivity contribution is 5.50. The van der Waals surface area contributed by atoms with Crippen LogP contribution in [0.2, 0.25) is 0 Å². The average Bonchev–Trinajstić information content (AvgIpc) is 3.36. The Kier molecular flexibility index (Phi) is 6.81. The van der Waals surface area contributed by atoms with Crippen molar-refractivity contribution in [2.75, 3.05) is 0 Å². The Morgan fingerprint density at radius 3 is 1.59 bits per heavy atom. The number of nitrogens with zero attached hydrogens (tertiary/aromatic N) is 3. The van der Waals surface area contributed by atoms with Crippen molar-refractivity contribution >= 4 is 0 Å². The third-order valence-corrected chi connectivity index (χ3v) is 6.44. The number of aromatic nitrogens is 3. The van der Waals surface area contributed by atoms with Gasteiger partial charge in [-0.1, -0.05) is 118 Å². The highest BCUT2D eigenvalue weighted by Crippen LogP contribution is 2.40. The van der Waals surface area contributed by atoms with E-state index in [4.69, 9.17) is 5.10 Å². The van der Waals surface area contributed by atoms with Crippen LogP contribution in [0.4, 0.5) is 0 Å². The number of rotatable bonds is 9. The molecule has 0 aliphatic rings. The highest BCUT2D eigenvalue weighted by Gasteiger charge is 2.40. The quantitative estimate of drug-likeness (QED) is 0.336. The number of aliphatic hydroxyl groups is 1. The summed E-state index contributed by atoms with van der Waals surface area (Å²) in [4.78, 5) is 4.58. The van der Waals surface area contributed by atoms with Gasteiger partial charge in [0.2, 0.25) is 0 Å². The molecule has 32 heavy (non-hydrogen) atoms. The Morgan fingerprint density at radius 2 is 1.19 bits per heavy atom. The summed E-state index contributed by atoms with van der Waals surface area (Å²) in [7, 11) is 0. The van der Waals surface area contributed by atoms with Gasteiger partial charge in [0.05, 0.1) is 0 Å². The van der Waals surface area contributed by atoms with Crippen LogP contribution in [-0.2, 0) is 5.54 Å². The lowest BCUT2D eigenvalue weighted by Crippen LogP contribution is -2.38. The van der Waals surface area contributed by atoms with Gasteiger partial charge in [0.1, 0.15) is 18.0 Å². The summed E-state index contributed by atoms with van der Waals surface area (Å²) >= 11 is 0. The normalized spacial score (nSPS) is 12.8. The predicted octanol–water partition coefficient (Wildman–Crippen LogP) is 5.98. The third-order valence-electron chi connectivity index (χ3n) is 6.44. The Labute approximate surface area is 190 Å². The smallest absolute Gasteiger partial charge is 0.179 e. The first-order valence-corrected chi connectivity index (χ1v) is 11.5. The van der Waals surface area contributed by atoms with Gasteiger partial charge in [0, 0.05) is 0 Å². The molecule has 0 amide bonds. The summed E-state index contributed by atoms with van der Waals surface area (Å²) < 4.78 is 1.92. The van der Waals surface area contributed by atoms with Crippen molar-refractivity contribution in [3.8, 4) is 0 Å². The van der Waals surface area contributed by atoms with Gasteiger partial charge in [-0.25, -0.2) is 9.67 Å². The molecule has 164 valence electrons. The molecular formula is C28H31N3O. The van der Waals surface area contributed by atoms with Crippen LogP contribution in [0.5, 0.6) is 0 Å². The molecule has 1 heterocycles. The SMILES string of the molecule is CCC(CC)CC(O)c1ncn(C(c2ccccc2)(c2ccccc2)c2ccccc2)n1. The van der Waals surface area contributed by atoms with Crippen molar-refractivity contribution < 1.29 is 5.11 Å². The van der Waals surface area contributed by atoms with Crippen LogP contribution in [0.25, 0.3) is 0 Å². The minimum absolute atomic E-state index is 0.457. The molecule has 0 fully saturated rings.